The number of amides is 2. The first-order chi connectivity index (χ1) is 19.8. The molecule has 0 saturated carbocycles. The van der Waals surface area contributed by atoms with Crippen LogP contribution in [0.1, 0.15) is 33.6 Å². The molecule has 1 aliphatic rings. The maximum Gasteiger partial charge on any atom is 0.306 e. The van der Waals surface area contributed by atoms with Crippen LogP contribution in [0.5, 0.6) is 0 Å². The van der Waals surface area contributed by atoms with Crippen molar-refractivity contribution in [3.63, 3.8) is 0 Å². The minimum atomic E-state index is -0.419. The predicted octanol–water partition coefficient (Wildman–Crippen LogP) is 3.14. The summed E-state index contributed by atoms with van der Waals surface area (Å²) < 4.78 is 6.26. The summed E-state index contributed by atoms with van der Waals surface area (Å²) in [6, 6.07) is 16.1. The van der Waals surface area contributed by atoms with Crippen LogP contribution < -0.4 is 16.2 Å². The topological polar surface area (TPSA) is 126 Å². The molecule has 2 atom stereocenters. The Morgan fingerprint density at radius 1 is 1.00 bits per heavy atom. The normalized spacial score (nSPS) is 17.2. The number of nitrogens with zero attached hydrogens (tertiary/aromatic N) is 2. The second-order valence-electron chi connectivity index (χ2n) is 9.93. The van der Waals surface area contributed by atoms with Crippen molar-refractivity contribution >= 4 is 40.3 Å². The number of aromatic nitrogens is 2. The first-order valence-electron chi connectivity index (χ1n) is 13.3. The third-order valence-corrected chi connectivity index (χ3v) is 7.63. The van der Waals surface area contributed by atoms with E-state index in [1.54, 1.807) is 67.0 Å². The average Bonchev–Trinajstić information content (AvgIpc) is 3.37. The molecule has 212 valence electrons. The summed E-state index contributed by atoms with van der Waals surface area (Å²) in [6.45, 7) is 1.56. The molecule has 4 aromatic rings. The smallest absolute Gasteiger partial charge is 0.306 e. The fraction of sp³-hybridized carbons (Fsp3) is 0.267. The van der Waals surface area contributed by atoms with Crippen molar-refractivity contribution < 1.29 is 19.1 Å². The van der Waals surface area contributed by atoms with Crippen LogP contribution in [0.15, 0.2) is 77.9 Å². The highest BCUT2D eigenvalue weighted by atomic mass is 35.5. The van der Waals surface area contributed by atoms with E-state index in [1.165, 1.54) is 17.7 Å². The number of halogens is 1. The second kappa shape index (κ2) is 12.4. The lowest BCUT2D eigenvalue weighted by Crippen LogP contribution is -2.60. The van der Waals surface area contributed by atoms with Gasteiger partial charge in [0.1, 0.15) is 0 Å². The second-order valence-corrected chi connectivity index (χ2v) is 10.3. The van der Waals surface area contributed by atoms with Crippen LogP contribution >= 0.6 is 11.6 Å². The number of pyridine rings is 1. The summed E-state index contributed by atoms with van der Waals surface area (Å²) >= 11 is 6.17. The van der Waals surface area contributed by atoms with E-state index in [-0.39, 0.29) is 35.8 Å². The van der Waals surface area contributed by atoms with Gasteiger partial charge in [-0.25, -0.2) is 0 Å². The molecule has 1 fully saturated rings. The molecule has 2 aromatic carbocycles. The number of rotatable bonds is 8. The Morgan fingerprint density at radius 3 is 2.49 bits per heavy atom. The Morgan fingerprint density at radius 2 is 1.73 bits per heavy atom. The van der Waals surface area contributed by atoms with Crippen LogP contribution in [0.4, 0.5) is 0 Å². The number of carbonyl (C=O) groups is 3. The third kappa shape index (κ3) is 6.50. The van der Waals surface area contributed by atoms with Gasteiger partial charge in [-0.05, 0) is 48.9 Å². The molecule has 41 heavy (non-hydrogen) atoms. The number of carbonyl (C=O) groups excluding carboxylic acids is 3. The van der Waals surface area contributed by atoms with Crippen LogP contribution in [0.25, 0.3) is 16.6 Å². The van der Waals surface area contributed by atoms with Crippen molar-refractivity contribution in [2.45, 2.75) is 24.9 Å². The SMILES string of the molecule is COC(=O)CCN1CCC(NC(=O)c2ccc3c(Cl)c[nH]c3c2)C(NC(=O)c2ccc(-n3ccccc3=O)cc2)C1. The standard InChI is InChI=1S/C30H30ClN5O5/c1-41-28(38)12-15-35-14-11-24(33-30(40)20-7-10-22-23(31)17-32-25(22)16-20)26(18-35)34-29(39)19-5-8-21(9-6-19)36-13-3-2-4-27(36)37/h2-10,13,16-17,24,26,32H,11-12,14-15,18H2,1H3,(H,33,40)(H,34,39). The first-order valence-corrected chi connectivity index (χ1v) is 13.7. The van der Waals surface area contributed by atoms with Gasteiger partial charge in [0.2, 0.25) is 0 Å². The molecular formula is C30H30ClN5O5. The number of hydrogen-bond acceptors (Lipinski definition) is 6. The van der Waals surface area contributed by atoms with E-state index in [2.05, 4.69) is 20.5 Å². The number of H-pyrrole nitrogens is 1. The van der Waals surface area contributed by atoms with E-state index in [1.807, 2.05) is 0 Å². The lowest BCUT2D eigenvalue weighted by atomic mass is 9.97. The average molecular weight is 576 g/mol. The van der Waals surface area contributed by atoms with Crippen molar-refractivity contribution in [1.82, 2.24) is 25.1 Å². The number of ether oxygens (including phenoxy) is 1. The van der Waals surface area contributed by atoms with E-state index in [9.17, 15) is 19.2 Å². The number of fused-ring (bicyclic) bond motifs is 1. The van der Waals surface area contributed by atoms with Gasteiger partial charge in [-0.2, -0.15) is 0 Å². The Kier molecular flexibility index (Phi) is 8.51. The predicted molar refractivity (Wildman–Crippen MR) is 156 cm³/mol. The quantitative estimate of drug-likeness (QED) is 0.277. The van der Waals surface area contributed by atoms with Gasteiger partial charge in [0, 0.05) is 65.8 Å². The van der Waals surface area contributed by atoms with Crippen molar-refractivity contribution in [2.24, 2.45) is 0 Å². The molecule has 0 radical (unpaired) electrons. The van der Waals surface area contributed by atoms with Crippen LogP contribution in [-0.4, -0.2) is 71.1 Å². The Labute approximate surface area is 241 Å². The van der Waals surface area contributed by atoms with Gasteiger partial charge < -0.3 is 25.3 Å². The zero-order valence-electron chi connectivity index (χ0n) is 22.4. The van der Waals surface area contributed by atoms with E-state index in [0.29, 0.717) is 47.9 Å². The first kappa shape index (κ1) is 28.1. The molecule has 1 aliphatic heterocycles. The minimum absolute atomic E-state index is 0.170. The number of aromatic amines is 1. The number of benzene rings is 2. The third-order valence-electron chi connectivity index (χ3n) is 7.31. The van der Waals surface area contributed by atoms with E-state index in [4.69, 9.17) is 16.3 Å². The molecule has 10 nitrogen and oxygen atoms in total. The summed E-state index contributed by atoms with van der Waals surface area (Å²) in [5.41, 5.74) is 2.12. The maximum atomic E-state index is 13.3. The van der Waals surface area contributed by atoms with Crippen LogP contribution in [0.2, 0.25) is 5.02 Å². The summed E-state index contributed by atoms with van der Waals surface area (Å²) in [5, 5.41) is 7.57. The van der Waals surface area contributed by atoms with Gasteiger partial charge in [0.05, 0.1) is 30.6 Å². The Bertz CT molecular complexity index is 1630. The monoisotopic (exact) mass is 575 g/mol. The molecular weight excluding hydrogens is 546 g/mol. The maximum absolute atomic E-state index is 13.3. The van der Waals surface area contributed by atoms with Gasteiger partial charge in [-0.3, -0.25) is 23.7 Å². The van der Waals surface area contributed by atoms with Crippen LogP contribution in [0.3, 0.4) is 0 Å². The molecule has 2 aromatic heterocycles. The zero-order valence-corrected chi connectivity index (χ0v) is 23.2. The highest BCUT2D eigenvalue weighted by Gasteiger charge is 2.32. The van der Waals surface area contributed by atoms with Crippen LogP contribution in [0, 0.1) is 0 Å². The molecule has 5 rings (SSSR count). The summed E-state index contributed by atoms with van der Waals surface area (Å²) in [4.78, 5) is 55.5. The van der Waals surface area contributed by atoms with Crippen molar-refractivity contribution in [3.05, 3.63) is 99.6 Å². The highest BCUT2D eigenvalue weighted by Crippen LogP contribution is 2.24. The highest BCUT2D eigenvalue weighted by molar-refractivity contribution is 6.35. The zero-order chi connectivity index (χ0) is 28.9. The van der Waals surface area contributed by atoms with E-state index in [0.717, 1.165) is 10.9 Å². The fourth-order valence-electron chi connectivity index (χ4n) is 5.04. The van der Waals surface area contributed by atoms with E-state index < -0.39 is 6.04 Å². The summed E-state index contributed by atoms with van der Waals surface area (Å²) in [6.07, 6.45) is 4.14. The van der Waals surface area contributed by atoms with Crippen molar-refractivity contribution in [2.75, 3.05) is 26.7 Å². The van der Waals surface area contributed by atoms with Crippen LogP contribution in [-0.2, 0) is 9.53 Å². The van der Waals surface area contributed by atoms with Gasteiger partial charge in [0.25, 0.3) is 17.4 Å². The molecule has 0 spiro atoms. The molecule has 2 amide bonds. The molecule has 2 unspecified atom stereocenters. The number of likely N-dealkylation sites (tertiary alicyclic amines) is 1. The fourth-order valence-corrected chi connectivity index (χ4v) is 5.26. The Hall–Kier alpha value is -4.41. The number of hydrogen-bond donors (Lipinski definition) is 3. The lowest BCUT2D eigenvalue weighted by Gasteiger charge is -2.39. The van der Waals surface area contributed by atoms with Crippen molar-refractivity contribution in [1.29, 1.82) is 0 Å². The molecule has 0 bridgehead atoms. The largest absolute Gasteiger partial charge is 0.469 e. The van der Waals surface area contributed by atoms with Gasteiger partial charge in [-0.1, -0.05) is 23.7 Å². The molecule has 0 aliphatic carbocycles. The van der Waals surface area contributed by atoms with Gasteiger partial charge in [0.15, 0.2) is 0 Å². The number of methoxy groups -OCH3 is 1. The Balaban J connectivity index is 1.31. The molecule has 1 saturated heterocycles. The minimum Gasteiger partial charge on any atom is -0.469 e. The number of esters is 1. The lowest BCUT2D eigenvalue weighted by molar-refractivity contribution is -0.141. The van der Waals surface area contributed by atoms with E-state index >= 15 is 0 Å². The summed E-state index contributed by atoms with van der Waals surface area (Å²) in [5.74, 6) is -0.876. The van der Waals surface area contributed by atoms with Gasteiger partial charge in [-0.15, -0.1) is 0 Å². The molecule has 11 heteroatoms. The number of nitrogens with one attached hydrogen (secondary N) is 3. The van der Waals surface area contributed by atoms with Gasteiger partial charge >= 0.3 is 5.97 Å². The van der Waals surface area contributed by atoms with Crippen molar-refractivity contribution in [3.8, 4) is 5.69 Å². The number of piperidine rings is 1. The molecule has 3 N–H and O–H groups in total. The summed E-state index contributed by atoms with van der Waals surface area (Å²) in [7, 11) is 1.35. The molecule has 3 heterocycles.